The number of aryl methyl sites for hydroxylation is 2. The van der Waals surface area contributed by atoms with E-state index in [1.54, 1.807) is 55.5 Å². The fraction of sp³-hybridized carbons (Fsp3) is 0.125. The standard InChI is InChI=1S/C24H18F2N6O4.C24H19FN6O4/c1-12-2-3-13(6-15(12)25)9-28-23(34)19-8-18(30-21-16(26)11-29-32(19)21)22(33)27-10-14-4-5-20-17(7-14)31-24(35)36-20;1-13-2-4-14(5-3-13)10-27-23(33)19-9-18(29-21-16(25)12-28-31(19)21)22(32)26-11-15-6-7-20-17(8-15)30-24(34)35-20/h2-8,11H,9-10H2,1H3,(H,27,33)(H,28,34)(H,31,35);2-9,12H,10-11H2,1H3,(H,26,32)(H,27,33)(H,30,34). The molecule has 4 aromatic carbocycles. The van der Waals surface area contributed by atoms with Gasteiger partial charge in [-0.15, -0.1) is 0 Å². The van der Waals surface area contributed by atoms with Gasteiger partial charge in [-0.2, -0.15) is 10.2 Å². The highest BCUT2D eigenvalue weighted by Gasteiger charge is 2.22. The van der Waals surface area contributed by atoms with Gasteiger partial charge in [-0.3, -0.25) is 29.1 Å². The predicted molar refractivity (Wildman–Crippen MR) is 247 cm³/mol. The number of amides is 4. The number of benzene rings is 4. The summed E-state index contributed by atoms with van der Waals surface area (Å²) in [5, 5.41) is 18.4. The zero-order valence-corrected chi connectivity index (χ0v) is 37.2. The molecule has 0 atom stereocenters. The van der Waals surface area contributed by atoms with Crippen molar-refractivity contribution in [3.8, 4) is 0 Å². The molecule has 6 heterocycles. The number of rotatable bonds is 12. The quantitative estimate of drug-likeness (QED) is 0.0936. The average molecular weight is 967 g/mol. The first-order valence-electron chi connectivity index (χ1n) is 21.4. The van der Waals surface area contributed by atoms with Crippen LogP contribution in [0.3, 0.4) is 0 Å². The van der Waals surface area contributed by atoms with Crippen LogP contribution >= 0.6 is 0 Å². The second-order valence-electron chi connectivity index (χ2n) is 16.0. The Morgan fingerprint density at radius 3 is 1.39 bits per heavy atom. The van der Waals surface area contributed by atoms with E-state index in [4.69, 9.17) is 8.83 Å². The fourth-order valence-electron chi connectivity index (χ4n) is 7.19. The number of hydrogen-bond donors (Lipinski definition) is 6. The Bertz CT molecular complexity index is 3840. The summed E-state index contributed by atoms with van der Waals surface area (Å²) in [7, 11) is 0. The molecule has 20 nitrogen and oxygen atoms in total. The maximum atomic E-state index is 14.3. The van der Waals surface area contributed by atoms with Gasteiger partial charge in [0, 0.05) is 38.3 Å². The Morgan fingerprint density at radius 1 is 0.521 bits per heavy atom. The number of nitrogens with zero attached hydrogens (tertiary/aromatic N) is 6. The molecule has 0 saturated carbocycles. The third-order valence-electron chi connectivity index (χ3n) is 10.9. The first-order chi connectivity index (χ1) is 34.1. The van der Waals surface area contributed by atoms with E-state index >= 15 is 0 Å². The van der Waals surface area contributed by atoms with Gasteiger partial charge in [0.15, 0.2) is 34.1 Å². The Balaban J connectivity index is 0.000000176. The maximum absolute atomic E-state index is 14.3. The van der Waals surface area contributed by atoms with Crippen molar-refractivity contribution in [2.24, 2.45) is 0 Å². The molecule has 358 valence electrons. The van der Waals surface area contributed by atoms with Crippen LogP contribution in [0.2, 0.25) is 0 Å². The molecule has 71 heavy (non-hydrogen) atoms. The van der Waals surface area contributed by atoms with E-state index in [1.807, 2.05) is 31.2 Å². The van der Waals surface area contributed by atoms with E-state index in [9.17, 15) is 41.9 Å². The largest absolute Gasteiger partial charge is 0.417 e. The van der Waals surface area contributed by atoms with E-state index in [0.29, 0.717) is 44.5 Å². The lowest BCUT2D eigenvalue weighted by atomic mass is 10.1. The van der Waals surface area contributed by atoms with Gasteiger partial charge in [0.2, 0.25) is 0 Å². The Labute approximate surface area is 395 Å². The van der Waals surface area contributed by atoms with E-state index in [2.05, 4.69) is 51.4 Å². The van der Waals surface area contributed by atoms with Gasteiger partial charge in [-0.25, -0.2) is 41.8 Å². The summed E-state index contributed by atoms with van der Waals surface area (Å²) < 4.78 is 54.3. The number of nitrogens with one attached hydrogen (secondary N) is 6. The zero-order chi connectivity index (χ0) is 49.9. The zero-order valence-electron chi connectivity index (χ0n) is 37.2. The van der Waals surface area contributed by atoms with Crippen LogP contribution in [0.5, 0.6) is 0 Å². The monoisotopic (exact) mass is 966 g/mol. The molecule has 6 N–H and O–H groups in total. The third-order valence-corrected chi connectivity index (χ3v) is 10.9. The molecule has 0 spiro atoms. The molecular formula is C48H37F3N12O8. The van der Waals surface area contributed by atoms with Crippen LogP contribution in [0, 0.1) is 31.3 Å². The summed E-state index contributed by atoms with van der Waals surface area (Å²) in [6, 6.07) is 24.5. The Kier molecular flexibility index (Phi) is 12.8. The van der Waals surface area contributed by atoms with Gasteiger partial charge in [-0.1, -0.05) is 54.1 Å². The molecule has 0 aliphatic rings. The minimum atomic E-state index is -0.811. The molecule has 0 aliphatic carbocycles. The number of carbonyl (C=O) groups is 4. The molecular weight excluding hydrogens is 930 g/mol. The van der Waals surface area contributed by atoms with Crippen LogP contribution < -0.4 is 32.8 Å². The fourth-order valence-corrected chi connectivity index (χ4v) is 7.19. The molecule has 0 fully saturated rings. The van der Waals surface area contributed by atoms with Crippen LogP contribution in [0.25, 0.3) is 33.5 Å². The van der Waals surface area contributed by atoms with Crippen LogP contribution in [0.1, 0.15) is 75.3 Å². The summed E-state index contributed by atoms with van der Waals surface area (Å²) in [6.07, 6.45) is 1.82. The predicted octanol–water partition coefficient (Wildman–Crippen LogP) is 5.08. The molecule has 4 amide bonds. The number of halogens is 3. The normalized spacial score (nSPS) is 11.2. The molecule has 0 bridgehead atoms. The second kappa shape index (κ2) is 19.5. The summed E-state index contributed by atoms with van der Waals surface area (Å²) in [4.78, 5) is 87.2. The first-order valence-corrected chi connectivity index (χ1v) is 21.4. The van der Waals surface area contributed by atoms with Crippen LogP contribution in [-0.4, -0.2) is 62.8 Å². The topological polar surface area (TPSA) is 269 Å². The molecule has 23 heteroatoms. The number of hydrogen-bond acceptors (Lipinski definition) is 12. The van der Waals surface area contributed by atoms with Gasteiger partial charge in [0.25, 0.3) is 23.6 Å². The molecule has 6 aromatic heterocycles. The van der Waals surface area contributed by atoms with Crippen molar-refractivity contribution in [3.63, 3.8) is 0 Å². The van der Waals surface area contributed by atoms with E-state index in [1.165, 1.54) is 18.2 Å². The lowest BCUT2D eigenvalue weighted by Crippen LogP contribution is -2.28. The number of H-pyrrole nitrogens is 2. The molecule has 0 unspecified atom stereocenters. The minimum Gasteiger partial charge on any atom is -0.408 e. The number of aromatic amines is 2. The van der Waals surface area contributed by atoms with Gasteiger partial charge in [0.05, 0.1) is 23.4 Å². The molecule has 10 rings (SSSR count). The number of fused-ring (bicyclic) bond motifs is 4. The number of carbonyl (C=O) groups excluding carboxylic acids is 4. The molecule has 0 aliphatic heterocycles. The van der Waals surface area contributed by atoms with Crippen LogP contribution in [-0.2, 0) is 26.2 Å². The highest BCUT2D eigenvalue weighted by molar-refractivity contribution is 5.99. The van der Waals surface area contributed by atoms with E-state index < -0.39 is 52.6 Å². The van der Waals surface area contributed by atoms with Crippen molar-refractivity contribution in [1.29, 1.82) is 0 Å². The summed E-state index contributed by atoms with van der Waals surface area (Å²) >= 11 is 0. The summed E-state index contributed by atoms with van der Waals surface area (Å²) in [6.45, 7) is 4.01. The Hall–Kier alpha value is -9.67. The summed E-state index contributed by atoms with van der Waals surface area (Å²) in [5.41, 5.74) is 5.03. The highest BCUT2D eigenvalue weighted by atomic mass is 19.1. The van der Waals surface area contributed by atoms with E-state index in [0.717, 1.165) is 32.6 Å². The van der Waals surface area contributed by atoms with E-state index in [-0.39, 0.29) is 60.2 Å². The van der Waals surface area contributed by atoms with Gasteiger partial charge < -0.3 is 30.1 Å². The van der Waals surface area contributed by atoms with Crippen molar-refractivity contribution in [1.82, 2.24) is 60.4 Å². The smallest absolute Gasteiger partial charge is 0.408 e. The third kappa shape index (κ3) is 10.3. The van der Waals surface area contributed by atoms with Crippen molar-refractivity contribution in [3.05, 3.63) is 198 Å². The maximum Gasteiger partial charge on any atom is 0.417 e. The van der Waals surface area contributed by atoms with Gasteiger partial charge >= 0.3 is 11.5 Å². The molecule has 0 saturated heterocycles. The van der Waals surface area contributed by atoms with Crippen molar-refractivity contribution in [2.75, 3.05) is 0 Å². The number of oxazole rings is 2. The lowest BCUT2D eigenvalue weighted by Gasteiger charge is -2.10. The molecule has 0 radical (unpaired) electrons. The van der Waals surface area contributed by atoms with Crippen molar-refractivity contribution >= 4 is 57.1 Å². The summed E-state index contributed by atoms with van der Waals surface area (Å²) in [5.74, 6) is -5.61. The SMILES string of the molecule is Cc1ccc(CNC(=O)c2cc(C(=O)NCc3ccc4oc(=O)[nH]c4c3)nc3c(F)cnn23)cc1.Cc1ccc(CNC(=O)c2cc(C(=O)NCc3ccc4oc(=O)[nH]c4c3)nc3c(F)cnn23)cc1F. The van der Waals surface area contributed by atoms with Crippen LogP contribution in [0.15, 0.2) is 122 Å². The van der Waals surface area contributed by atoms with Gasteiger partial charge in [-0.05, 0) is 72.0 Å². The number of aromatic nitrogens is 8. The van der Waals surface area contributed by atoms with Crippen molar-refractivity contribution in [2.45, 2.75) is 40.0 Å². The van der Waals surface area contributed by atoms with Gasteiger partial charge in [0.1, 0.15) is 28.6 Å². The lowest BCUT2D eigenvalue weighted by molar-refractivity contribution is 0.0927. The van der Waals surface area contributed by atoms with Crippen LogP contribution in [0.4, 0.5) is 13.2 Å². The Morgan fingerprint density at radius 2 is 0.930 bits per heavy atom. The molecule has 10 aromatic rings. The minimum absolute atomic E-state index is 0.00368. The average Bonchev–Trinajstić information content (AvgIpc) is 4.15. The van der Waals surface area contributed by atoms with Crippen molar-refractivity contribution < 1.29 is 41.2 Å². The second-order valence-corrected chi connectivity index (χ2v) is 16.0. The first kappa shape index (κ1) is 46.4. The highest BCUT2D eigenvalue weighted by Crippen LogP contribution is 2.17.